The number of aromatic nitrogens is 1. The van der Waals surface area contributed by atoms with Crippen LogP contribution in [-0.2, 0) is 11.2 Å². The van der Waals surface area contributed by atoms with Crippen molar-refractivity contribution in [2.45, 2.75) is 32.0 Å². The molecule has 1 amide bonds. The van der Waals surface area contributed by atoms with Gasteiger partial charge in [0.05, 0.1) is 13.2 Å². The number of hydrogen-bond donors (Lipinski definition) is 0. The maximum atomic E-state index is 12.7. The van der Waals surface area contributed by atoms with Gasteiger partial charge >= 0.3 is 0 Å². The Morgan fingerprint density at radius 3 is 2.70 bits per heavy atom. The van der Waals surface area contributed by atoms with Crippen molar-refractivity contribution >= 4 is 5.91 Å². The second-order valence-electron chi connectivity index (χ2n) is 5.08. The predicted molar refractivity (Wildman–Crippen MR) is 72.1 cm³/mol. The van der Waals surface area contributed by atoms with Crippen molar-refractivity contribution in [1.29, 1.82) is 0 Å². The maximum absolute atomic E-state index is 12.7. The lowest BCUT2D eigenvalue weighted by Crippen LogP contribution is -2.51. The smallest absolute Gasteiger partial charge is 0.276 e. The maximum Gasteiger partial charge on any atom is 0.276 e. The molecule has 2 atom stereocenters. The number of amides is 1. The van der Waals surface area contributed by atoms with Crippen LogP contribution in [0.4, 0.5) is 0 Å². The first-order valence-corrected chi connectivity index (χ1v) is 6.80. The number of nitrogens with zero attached hydrogens (tertiary/aromatic N) is 2. The van der Waals surface area contributed by atoms with Crippen molar-refractivity contribution in [2.75, 3.05) is 20.8 Å². The number of rotatable bonds is 3. The van der Waals surface area contributed by atoms with E-state index in [1.54, 1.807) is 18.1 Å². The SMILES string of the molecule is CCN1C(=O)c2c(OC)c(=O)cc3n2[C@H](CC3)[C@@H]1OC. The van der Waals surface area contributed by atoms with E-state index in [2.05, 4.69) is 0 Å². The number of carbonyl (C=O) groups is 1. The van der Waals surface area contributed by atoms with E-state index < -0.39 is 0 Å². The highest BCUT2D eigenvalue weighted by molar-refractivity contribution is 5.96. The summed E-state index contributed by atoms with van der Waals surface area (Å²) < 4.78 is 12.6. The van der Waals surface area contributed by atoms with Crippen molar-refractivity contribution < 1.29 is 14.3 Å². The van der Waals surface area contributed by atoms with E-state index in [4.69, 9.17) is 9.47 Å². The number of carbonyl (C=O) groups excluding carboxylic acids is 1. The van der Waals surface area contributed by atoms with Gasteiger partial charge in [0.1, 0.15) is 0 Å². The summed E-state index contributed by atoms with van der Waals surface area (Å²) in [7, 11) is 3.04. The van der Waals surface area contributed by atoms with Crippen LogP contribution >= 0.6 is 0 Å². The van der Waals surface area contributed by atoms with E-state index >= 15 is 0 Å². The molecule has 6 nitrogen and oxygen atoms in total. The van der Waals surface area contributed by atoms with Crippen LogP contribution in [-0.4, -0.2) is 42.4 Å². The number of aryl methyl sites for hydroxylation is 1. The van der Waals surface area contributed by atoms with Gasteiger partial charge in [0.2, 0.25) is 5.43 Å². The number of pyridine rings is 1. The molecular weight excluding hydrogens is 260 g/mol. The highest BCUT2D eigenvalue weighted by Crippen LogP contribution is 2.39. The van der Waals surface area contributed by atoms with Gasteiger partial charge in [-0.3, -0.25) is 9.59 Å². The van der Waals surface area contributed by atoms with Crippen LogP contribution in [0.15, 0.2) is 10.9 Å². The summed E-state index contributed by atoms with van der Waals surface area (Å²) in [6.07, 6.45) is 1.36. The third-order valence-electron chi connectivity index (χ3n) is 4.20. The van der Waals surface area contributed by atoms with Crippen LogP contribution in [0.5, 0.6) is 5.75 Å². The molecule has 0 spiro atoms. The van der Waals surface area contributed by atoms with Crippen LogP contribution < -0.4 is 10.2 Å². The molecule has 6 heteroatoms. The largest absolute Gasteiger partial charge is 0.491 e. The third-order valence-corrected chi connectivity index (χ3v) is 4.20. The Kier molecular flexibility index (Phi) is 3.05. The summed E-state index contributed by atoms with van der Waals surface area (Å²) in [5.74, 6) is -0.0630. The zero-order chi connectivity index (χ0) is 14.4. The first-order valence-electron chi connectivity index (χ1n) is 6.80. The molecule has 0 saturated heterocycles. The highest BCUT2D eigenvalue weighted by Gasteiger charge is 2.44. The number of methoxy groups -OCH3 is 2. The average Bonchev–Trinajstić information content (AvgIpc) is 2.85. The quantitative estimate of drug-likeness (QED) is 0.820. The number of ether oxygens (including phenoxy) is 2. The first-order chi connectivity index (χ1) is 9.63. The molecule has 2 aliphatic rings. The standard InChI is InChI=1S/C14H18N2O4/c1-4-15-13(18)11-12(19-2)10(17)7-8-5-6-9(16(8)11)14(15)20-3/h7,9,14H,4-6H2,1-3H3/t9-,14+/m1/s1. The molecule has 2 aliphatic heterocycles. The van der Waals surface area contributed by atoms with Gasteiger partial charge < -0.3 is 18.9 Å². The molecule has 0 N–H and O–H groups in total. The monoisotopic (exact) mass is 278 g/mol. The lowest BCUT2D eigenvalue weighted by molar-refractivity contribution is -0.0572. The predicted octanol–water partition coefficient (Wildman–Crippen LogP) is 0.792. The molecule has 20 heavy (non-hydrogen) atoms. The lowest BCUT2D eigenvalue weighted by Gasteiger charge is -2.40. The van der Waals surface area contributed by atoms with Gasteiger partial charge in [0.15, 0.2) is 17.7 Å². The van der Waals surface area contributed by atoms with Crippen molar-refractivity contribution in [3.63, 3.8) is 0 Å². The summed E-state index contributed by atoms with van der Waals surface area (Å²) >= 11 is 0. The van der Waals surface area contributed by atoms with E-state index in [-0.39, 0.29) is 29.4 Å². The van der Waals surface area contributed by atoms with Crippen LogP contribution in [0.25, 0.3) is 0 Å². The van der Waals surface area contributed by atoms with Crippen LogP contribution in [0.1, 0.15) is 35.6 Å². The molecule has 1 aromatic rings. The summed E-state index contributed by atoms with van der Waals surface area (Å²) in [5, 5.41) is 0. The normalized spacial score (nSPS) is 23.9. The Morgan fingerprint density at radius 2 is 2.10 bits per heavy atom. The van der Waals surface area contributed by atoms with Crippen LogP contribution in [0.2, 0.25) is 0 Å². The Bertz CT molecular complexity index is 622. The van der Waals surface area contributed by atoms with Gasteiger partial charge in [-0.1, -0.05) is 0 Å². The van der Waals surface area contributed by atoms with E-state index in [1.165, 1.54) is 7.11 Å². The minimum Gasteiger partial charge on any atom is -0.491 e. The third kappa shape index (κ3) is 1.54. The molecule has 0 aromatic carbocycles. The molecule has 108 valence electrons. The lowest BCUT2D eigenvalue weighted by atomic mass is 10.1. The van der Waals surface area contributed by atoms with Crippen LogP contribution in [0.3, 0.4) is 0 Å². The second kappa shape index (κ2) is 4.63. The van der Waals surface area contributed by atoms with Crippen molar-refractivity contribution in [3.05, 3.63) is 27.7 Å². The molecule has 0 bridgehead atoms. The molecule has 1 aromatic heterocycles. The number of likely N-dealkylation sites (N-methyl/N-ethyl adjacent to an activating group) is 1. The molecule has 0 fully saturated rings. The highest BCUT2D eigenvalue weighted by atomic mass is 16.5. The minimum atomic E-state index is -0.284. The van der Waals surface area contributed by atoms with Gasteiger partial charge in [-0.2, -0.15) is 0 Å². The molecule has 3 heterocycles. The Balaban J connectivity index is 2.29. The average molecular weight is 278 g/mol. The van der Waals surface area contributed by atoms with Crippen molar-refractivity contribution in [1.82, 2.24) is 9.47 Å². The zero-order valence-electron chi connectivity index (χ0n) is 11.9. The van der Waals surface area contributed by atoms with Gasteiger partial charge in [-0.05, 0) is 19.8 Å². The van der Waals surface area contributed by atoms with E-state index in [0.717, 1.165) is 18.5 Å². The molecule has 0 saturated carbocycles. The molecule has 0 aliphatic carbocycles. The van der Waals surface area contributed by atoms with Gasteiger partial charge in [-0.25, -0.2) is 0 Å². The van der Waals surface area contributed by atoms with Crippen molar-refractivity contribution in [2.24, 2.45) is 0 Å². The number of hydrogen-bond acceptors (Lipinski definition) is 4. The summed E-state index contributed by atoms with van der Waals surface area (Å²) in [5.41, 5.74) is 1.03. The van der Waals surface area contributed by atoms with Crippen molar-refractivity contribution in [3.8, 4) is 5.75 Å². The van der Waals surface area contributed by atoms with Crippen LogP contribution in [0, 0.1) is 0 Å². The summed E-state index contributed by atoms with van der Waals surface area (Å²) in [4.78, 5) is 26.4. The van der Waals surface area contributed by atoms with E-state index in [0.29, 0.717) is 12.2 Å². The molecule has 0 radical (unpaired) electrons. The fraction of sp³-hybridized carbons (Fsp3) is 0.571. The summed E-state index contributed by atoms with van der Waals surface area (Å²) in [6.45, 7) is 2.44. The second-order valence-corrected chi connectivity index (χ2v) is 5.08. The van der Waals surface area contributed by atoms with Gasteiger partial charge in [0, 0.05) is 25.4 Å². The van der Waals surface area contributed by atoms with E-state index in [1.807, 2.05) is 11.5 Å². The molecule has 0 unspecified atom stereocenters. The van der Waals surface area contributed by atoms with E-state index in [9.17, 15) is 9.59 Å². The molecule has 3 rings (SSSR count). The minimum absolute atomic E-state index is 0.0529. The fourth-order valence-electron chi connectivity index (χ4n) is 3.39. The zero-order valence-corrected chi connectivity index (χ0v) is 11.9. The topological polar surface area (TPSA) is 60.8 Å². The Labute approximate surface area is 116 Å². The molecular formula is C14H18N2O4. The fourth-order valence-corrected chi connectivity index (χ4v) is 3.39. The van der Waals surface area contributed by atoms with Gasteiger partial charge in [0.25, 0.3) is 5.91 Å². The Hall–Kier alpha value is -1.82. The summed E-state index contributed by atoms with van der Waals surface area (Å²) in [6, 6.07) is 1.63. The first kappa shape index (κ1) is 13.2. The van der Waals surface area contributed by atoms with Gasteiger partial charge in [-0.15, -0.1) is 0 Å². The Morgan fingerprint density at radius 1 is 1.35 bits per heavy atom.